The first kappa shape index (κ1) is 11.9. The third kappa shape index (κ3) is 3.19. The molecule has 92 valence electrons. The second-order valence-corrected chi connectivity index (χ2v) is 5.69. The molecule has 2 aliphatic rings. The van der Waals surface area contributed by atoms with Crippen LogP contribution in [-0.2, 0) is 4.79 Å². The highest BCUT2D eigenvalue weighted by molar-refractivity contribution is 5.78. The monoisotopic (exact) mass is 225 g/mol. The summed E-state index contributed by atoms with van der Waals surface area (Å²) in [6, 6.07) is 0.408. The Morgan fingerprint density at radius 1 is 1.44 bits per heavy atom. The number of amides is 1. The SMILES string of the molecule is CC1(C)CC1NC(=O)CN1CCCNCC1. The van der Waals surface area contributed by atoms with E-state index < -0.39 is 0 Å². The van der Waals surface area contributed by atoms with Gasteiger partial charge in [-0.25, -0.2) is 0 Å². The highest BCUT2D eigenvalue weighted by Crippen LogP contribution is 2.44. The van der Waals surface area contributed by atoms with Gasteiger partial charge in [0.05, 0.1) is 6.54 Å². The van der Waals surface area contributed by atoms with E-state index in [1.807, 2.05) is 0 Å². The van der Waals surface area contributed by atoms with E-state index in [0.29, 0.717) is 18.0 Å². The number of carbonyl (C=O) groups is 1. The van der Waals surface area contributed by atoms with Crippen molar-refractivity contribution in [2.75, 3.05) is 32.7 Å². The van der Waals surface area contributed by atoms with Crippen molar-refractivity contribution < 1.29 is 4.79 Å². The van der Waals surface area contributed by atoms with E-state index in [2.05, 4.69) is 29.4 Å². The van der Waals surface area contributed by atoms with Gasteiger partial charge in [0, 0.05) is 19.1 Å². The maximum absolute atomic E-state index is 11.8. The van der Waals surface area contributed by atoms with E-state index in [-0.39, 0.29) is 5.91 Å². The van der Waals surface area contributed by atoms with Crippen molar-refractivity contribution in [3.63, 3.8) is 0 Å². The number of nitrogens with one attached hydrogen (secondary N) is 2. The van der Waals surface area contributed by atoms with Crippen LogP contribution in [0.4, 0.5) is 0 Å². The molecule has 2 rings (SSSR count). The Labute approximate surface area is 97.8 Å². The molecule has 1 saturated carbocycles. The van der Waals surface area contributed by atoms with Gasteiger partial charge in [-0.3, -0.25) is 9.69 Å². The lowest BCUT2D eigenvalue weighted by Crippen LogP contribution is -2.40. The molecule has 1 aliphatic heterocycles. The van der Waals surface area contributed by atoms with Crippen LogP contribution in [0.3, 0.4) is 0 Å². The lowest BCUT2D eigenvalue weighted by atomic mass is 10.2. The summed E-state index contributed by atoms with van der Waals surface area (Å²) >= 11 is 0. The Hall–Kier alpha value is -0.610. The highest BCUT2D eigenvalue weighted by atomic mass is 16.2. The fraction of sp³-hybridized carbons (Fsp3) is 0.917. The maximum Gasteiger partial charge on any atom is 0.234 e. The lowest BCUT2D eigenvalue weighted by Gasteiger charge is -2.19. The molecule has 0 bridgehead atoms. The van der Waals surface area contributed by atoms with Crippen LogP contribution >= 0.6 is 0 Å². The van der Waals surface area contributed by atoms with Crippen molar-refractivity contribution in [1.82, 2.24) is 15.5 Å². The van der Waals surface area contributed by atoms with E-state index in [1.54, 1.807) is 0 Å². The van der Waals surface area contributed by atoms with Gasteiger partial charge in [0.1, 0.15) is 0 Å². The van der Waals surface area contributed by atoms with Crippen LogP contribution in [0.25, 0.3) is 0 Å². The predicted octanol–water partition coefficient (Wildman–Crippen LogP) is 0.196. The van der Waals surface area contributed by atoms with Gasteiger partial charge >= 0.3 is 0 Å². The fourth-order valence-electron chi connectivity index (χ4n) is 2.22. The first-order valence-electron chi connectivity index (χ1n) is 6.30. The Balaban J connectivity index is 1.70. The number of nitrogens with zero attached hydrogens (tertiary/aromatic N) is 1. The Morgan fingerprint density at radius 3 is 2.88 bits per heavy atom. The minimum atomic E-state index is 0.192. The molecule has 16 heavy (non-hydrogen) atoms. The second-order valence-electron chi connectivity index (χ2n) is 5.69. The molecule has 1 heterocycles. The van der Waals surface area contributed by atoms with Crippen LogP contribution in [0.1, 0.15) is 26.7 Å². The number of hydrogen-bond acceptors (Lipinski definition) is 3. The zero-order valence-corrected chi connectivity index (χ0v) is 10.4. The molecule has 2 N–H and O–H groups in total. The summed E-state index contributed by atoms with van der Waals surface area (Å²) < 4.78 is 0. The summed E-state index contributed by atoms with van der Waals surface area (Å²) in [5.74, 6) is 0.192. The molecule has 0 radical (unpaired) electrons. The smallest absolute Gasteiger partial charge is 0.234 e. The predicted molar refractivity (Wildman–Crippen MR) is 64.3 cm³/mol. The third-order valence-electron chi connectivity index (χ3n) is 3.65. The third-order valence-corrected chi connectivity index (χ3v) is 3.65. The fourth-order valence-corrected chi connectivity index (χ4v) is 2.22. The first-order valence-corrected chi connectivity index (χ1v) is 6.30. The minimum Gasteiger partial charge on any atom is -0.352 e. The molecular weight excluding hydrogens is 202 g/mol. The van der Waals surface area contributed by atoms with Gasteiger partial charge in [-0.1, -0.05) is 13.8 Å². The van der Waals surface area contributed by atoms with E-state index in [1.165, 1.54) is 0 Å². The van der Waals surface area contributed by atoms with E-state index in [0.717, 1.165) is 39.0 Å². The van der Waals surface area contributed by atoms with Gasteiger partial charge in [-0.15, -0.1) is 0 Å². The van der Waals surface area contributed by atoms with E-state index in [9.17, 15) is 4.79 Å². The van der Waals surface area contributed by atoms with E-state index in [4.69, 9.17) is 0 Å². The van der Waals surface area contributed by atoms with Crippen molar-refractivity contribution in [3.05, 3.63) is 0 Å². The summed E-state index contributed by atoms with van der Waals surface area (Å²) in [5.41, 5.74) is 0.329. The summed E-state index contributed by atoms with van der Waals surface area (Å²) in [4.78, 5) is 14.0. The van der Waals surface area contributed by atoms with Crippen molar-refractivity contribution >= 4 is 5.91 Å². The quantitative estimate of drug-likeness (QED) is 0.721. The maximum atomic E-state index is 11.8. The molecule has 0 aromatic heterocycles. The molecule has 1 unspecified atom stereocenters. The van der Waals surface area contributed by atoms with Gasteiger partial charge in [0.25, 0.3) is 0 Å². The number of rotatable bonds is 3. The Bertz CT molecular complexity index is 257. The van der Waals surface area contributed by atoms with Gasteiger partial charge in [0.2, 0.25) is 5.91 Å². The van der Waals surface area contributed by atoms with Gasteiger partial charge in [-0.2, -0.15) is 0 Å². The summed E-state index contributed by atoms with van der Waals surface area (Å²) in [6.45, 7) is 9.07. The van der Waals surface area contributed by atoms with Crippen molar-refractivity contribution in [3.8, 4) is 0 Å². The molecule has 0 aromatic carbocycles. The second kappa shape index (κ2) is 4.72. The molecular formula is C12H23N3O. The Kier molecular flexibility index (Phi) is 3.50. The molecule has 1 atom stereocenters. The molecule has 1 amide bonds. The minimum absolute atomic E-state index is 0.192. The molecule has 0 aromatic rings. The van der Waals surface area contributed by atoms with E-state index >= 15 is 0 Å². The van der Waals surface area contributed by atoms with Crippen LogP contribution in [0.15, 0.2) is 0 Å². The standard InChI is InChI=1S/C12H23N3O/c1-12(2)8-10(12)14-11(16)9-15-6-3-4-13-5-7-15/h10,13H,3-9H2,1-2H3,(H,14,16). The number of carbonyl (C=O) groups excluding carboxylic acids is 1. The van der Waals surface area contributed by atoms with Crippen molar-refractivity contribution in [2.45, 2.75) is 32.7 Å². The molecule has 4 heteroatoms. The molecule has 1 aliphatic carbocycles. The average molecular weight is 225 g/mol. The first-order chi connectivity index (χ1) is 7.58. The van der Waals surface area contributed by atoms with Gasteiger partial charge < -0.3 is 10.6 Å². The zero-order chi connectivity index (χ0) is 11.6. The summed E-state index contributed by atoms with van der Waals surface area (Å²) in [6.07, 6.45) is 2.27. The summed E-state index contributed by atoms with van der Waals surface area (Å²) in [5, 5.41) is 6.45. The van der Waals surface area contributed by atoms with Crippen molar-refractivity contribution in [1.29, 1.82) is 0 Å². The lowest BCUT2D eigenvalue weighted by molar-refractivity contribution is -0.122. The molecule has 0 spiro atoms. The Morgan fingerprint density at radius 2 is 2.19 bits per heavy atom. The van der Waals surface area contributed by atoms with Gasteiger partial charge in [-0.05, 0) is 31.3 Å². The van der Waals surface area contributed by atoms with Crippen LogP contribution < -0.4 is 10.6 Å². The van der Waals surface area contributed by atoms with Crippen LogP contribution in [0, 0.1) is 5.41 Å². The largest absolute Gasteiger partial charge is 0.352 e. The van der Waals surface area contributed by atoms with Gasteiger partial charge in [0.15, 0.2) is 0 Å². The normalized spacial score (nSPS) is 29.5. The molecule has 2 fully saturated rings. The summed E-state index contributed by atoms with van der Waals surface area (Å²) in [7, 11) is 0. The number of hydrogen-bond donors (Lipinski definition) is 2. The molecule has 4 nitrogen and oxygen atoms in total. The molecule has 1 saturated heterocycles. The van der Waals surface area contributed by atoms with Crippen LogP contribution in [-0.4, -0.2) is 49.6 Å². The van der Waals surface area contributed by atoms with Crippen LogP contribution in [0.5, 0.6) is 0 Å². The topological polar surface area (TPSA) is 44.4 Å². The highest BCUT2D eigenvalue weighted by Gasteiger charge is 2.46. The van der Waals surface area contributed by atoms with Crippen molar-refractivity contribution in [2.24, 2.45) is 5.41 Å². The zero-order valence-electron chi connectivity index (χ0n) is 10.4. The average Bonchev–Trinajstić information content (AvgIpc) is 2.86. The van der Waals surface area contributed by atoms with Crippen LogP contribution in [0.2, 0.25) is 0 Å².